The summed E-state index contributed by atoms with van der Waals surface area (Å²) in [6.07, 6.45) is 0.220. The molecule has 0 aliphatic rings. The summed E-state index contributed by atoms with van der Waals surface area (Å²) in [5.74, 6) is -1.03. The number of phenolic OH excluding ortho intramolecular Hbond substituents is 1. The zero-order chi connectivity index (χ0) is 14.7. The monoisotopic (exact) mass is 273 g/mol. The molecule has 2 N–H and O–H groups in total. The molecule has 0 heterocycles. The van der Waals surface area contributed by atoms with Crippen molar-refractivity contribution in [2.75, 3.05) is 0 Å². The number of hydrogen-bond donors (Lipinski definition) is 2. The average Bonchev–Trinajstić information content (AvgIpc) is 2.41. The molecule has 0 aromatic heterocycles. The van der Waals surface area contributed by atoms with Gasteiger partial charge in [-0.3, -0.25) is 10.1 Å². The Morgan fingerprint density at radius 3 is 2.35 bits per heavy atom. The van der Waals surface area contributed by atoms with E-state index in [1.807, 2.05) is 0 Å². The second-order valence-corrected chi connectivity index (χ2v) is 4.25. The summed E-state index contributed by atoms with van der Waals surface area (Å²) in [6.45, 7) is 0. The number of nitro groups is 1. The lowest BCUT2D eigenvalue weighted by molar-refractivity contribution is -0.385. The normalized spacial score (nSPS) is 10.2. The van der Waals surface area contributed by atoms with E-state index >= 15 is 0 Å². The van der Waals surface area contributed by atoms with Crippen molar-refractivity contribution >= 4 is 11.7 Å². The highest BCUT2D eigenvalue weighted by Crippen LogP contribution is 2.24. The number of nitro benzene ring substituents is 1. The van der Waals surface area contributed by atoms with Crippen LogP contribution in [0.4, 0.5) is 5.69 Å². The summed E-state index contributed by atoms with van der Waals surface area (Å²) in [5, 5.41) is 29.1. The molecule has 0 bridgehead atoms. The highest BCUT2D eigenvalue weighted by Gasteiger charge is 2.16. The molecule has 2 rings (SSSR count). The van der Waals surface area contributed by atoms with Gasteiger partial charge in [0.2, 0.25) is 0 Å². The van der Waals surface area contributed by atoms with Crippen LogP contribution >= 0.6 is 0 Å². The van der Waals surface area contributed by atoms with Gasteiger partial charge >= 0.3 is 5.97 Å². The quantitative estimate of drug-likeness (QED) is 0.658. The maximum Gasteiger partial charge on any atom is 0.335 e. The fourth-order valence-electron chi connectivity index (χ4n) is 1.87. The molecule has 0 unspecified atom stereocenters. The Bertz CT molecular complexity index is 664. The van der Waals surface area contributed by atoms with E-state index in [2.05, 4.69) is 0 Å². The molecule has 0 spiro atoms. The summed E-state index contributed by atoms with van der Waals surface area (Å²) in [5.41, 5.74) is 0.946. The molecule has 0 aliphatic carbocycles. The van der Waals surface area contributed by atoms with Gasteiger partial charge in [-0.25, -0.2) is 4.79 Å². The maximum absolute atomic E-state index is 11.0. The van der Waals surface area contributed by atoms with Gasteiger partial charge in [0.15, 0.2) is 0 Å². The van der Waals surface area contributed by atoms with Crippen molar-refractivity contribution in [2.24, 2.45) is 0 Å². The van der Waals surface area contributed by atoms with E-state index in [1.54, 1.807) is 12.1 Å². The van der Waals surface area contributed by atoms with Crippen LogP contribution in [0.25, 0.3) is 0 Å². The van der Waals surface area contributed by atoms with Gasteiger partial charge in [0.1, 0.15) is 5.75 Å². The summed E-state index contributed by atoms with van der Waals surface area (Å²) in [7, 11) is 0. The Morgan fingerprint density at radius 1 is 1.15 bits per heavy atom. The van der Waals surface area contributed by atoms with Crippen LogP contribution in [0.1, 0.15) is 21.5 Å². The third kappa shape index (κ3) is 2.92. The highest BCUT2D eigenvalue weighted by atomic mass is 16.6. The maximum atomic E-state index is 11.0. The largest absolute Gasteiger partial charge is 0.508 e. The number of carbonyl (C=O) groups is 1. The van der Waals surface area contributed by atoms with Gasteiger partial charge in [0.25, 0.3) is 5.69 Å². The van der Waals surface area contributed by atoms with Crippen LogP contribution in [0.2, 0.25) is 0 Å². The fraction of sp³-hybridized carbons (Fsp3) is 0.0714. The zero-order valence-corrected chi connectivity index (χ0v) is 10.3. The first-order valence-corrected chi connectivity index (χ1v) is 5.76. The van der Waals surface area contributed by atoms with Crippen LogP contribution in [0.5, 0.6) is 5.75 Å². The first-order valence-electron chi connectivity index (χ1n) is 5.76. The molecular weight excluding hydrogens is 262 g/mol. The van der Waals surface area contributed by atoms with Gasteiger partial charge in [0, 0.05) is 18.1 Å². The molecule has 2 aromatic rings. The van der Waals surface area contributed by atoms with Crippen molar-refractivity contribution in [3.05, 3.63) is 69.3 Å². The third-order valence-corrected chi connectivity index (χ3v) is 2.85. The molecule has 0 aliphatic heterocycles. The lowest BCUT2D eigenvalue weighted by atomic mass is 10.0. The number of rotatable bonds is 4. The van der Waals surface area contributed by atoms with E-state index < -0.39 is 10.9 Å². The second-order valence-electron chi connectivity index (χ2n) is 4.25. The van der Waals surface area contributed by atoms with Gasteiger partial charge in [-0.15, -0.1) is 0 Å². The second kappa shape index (κ2) is 5.40. The van der Waals surface area contributed by atoms with Gasteiger partial charge in [0.05, 0.1) is 10.5 Å². The Hall–Kier alpha value is -2.89. The van der Waals surface area contributed by atoms with Crippen LogP contribution < -0.4 is 0 Å². The molecule has 102 valence electrons. The molecule has 20 heavy (non-hydrogen) atoms. The summed E-state index contributed by atoms with van der Waals surface area (Å²) >= 11 is 0. The van der Waals surface area contributed by atoms with Gasteiger partial charge < -0.3 is 10.2 Å². The molecular formula is C14H11NO5. The van der Waals surface area contributed by atoms with E-state index in [0.29, 0.717) is 5.56 Å². The van der Waals surface area contributed by atoms with Crippen LogP contribution in [0.3, 0.4) is 0 Å². The lowest BCUT2D eigenvalue weighted by Gasteiger charge is -2.05. The molecule has 2 aromatic carbocycles. The minimum Gasteiger partial charge on any atom is -0.508 e. The van der Waals surface area contributed by atoms with Gasteiger partial charge in [-0.1, -0.05) is 12.1 Å². The van der Waals surface area contributed by atoms with Crippen LogP contribution in [-0.4, -0.2) is 21.1 Å². The Morgan fingerprint density at radius 2 is 1.80 bits per heavy atom. The van der Waals surface area contributed by atoms with Crippen molar-refractivity contribution in [1.29, 1.82) is 0 Å². The van der Waals surface area contributed by atoms with Crippen molar-refractivity contribution in [3.63, 3.8) is 0 Å². The minimum atomic E-state index is -1.13. The van der Waals surface area contributed by atoms with E-state index in [4.69, 9.17) is 5.11 Å². The number of nitrogens with zero attached hydrogens (tertiary/aromatic N) is 1. The Kier molecular flexibility index (Phi) is 3.65. The van der Waals surface area contributed by atoms with Gasteiger partial charge in [-0.05, 0) is 29.8 Å². The Labute approximate surface area is 114 Å². The van der Waals surface area contributed by atoms with Crippen molar-refractivity contribution < 1.29 is 19.9 Å². The van der Waals surface area contributed by atoms with Crippen LogP contribution in [0.15, 0.2) is 42.5 Å². The number of phenols is 1. The molecule has 0 saturated heterocycles. The molecule has 0 saturated carbocycles. The minimum absolute atomic E-state index is 0.00405. The molecule has 0 atom stereocenters. The first-order chi connectivity index (χ1) is 9.47. The number of carboxylic acids is 1. The number of aromatic hydroxyl groups is 1. The predicted octanol–water partition coefficient (Wildman–Crippen LogP) is 2.59. The van der Waals surface area contributed by atoms with Gasteiger partial charge in [-0.2, -0.15) is 0 Å². The molecule has 0 fully saturated rings. The van der Waals surface area contributed by atoms with E-state index in [1.165, 1.54) is 30.3 Å². The highest BCUT2D eigenvalue weighted by molar-refractivity contribution is 5.88. The smallest absolute Gasteiger partial charge is 0.335 e. The lowest BCUT2D eigenvalue weighted by Crippen LogP contribution is -2.02. The number of benzene rings is 2. The first kappa shape index (κ1) is 13.5. The number of carboxylic acid groups (broad SMARTS) is 1. The van der Waals surface area contributed by atoms with E-state index in [9.17, 15) is 20.0 Å². The molecule has 0 radical (unpaired) electrons. The Balaban J connectivity index is 2.41. The zero-order valence-electron chi connectivity index (χ0n) is 10.3. The van der Waals surface area contributed by atoms with Crippen molar-refractivity contribution in [2.45, 2.75) is 6.42 Å². The van der Waals surface area contributed by atoms with Crippen molar-refractivity contribution in [3.8, 4) is 5.75 Å². The predicted molar refractivity (Wildman–Crippen MR) is 71.0 cm³/mol. The van der Waals surface area contributed by atoms with Crippen LogP contribution in [-0.2, 0) is 6.42 Å². The fourth-order valence-corrected chi connectivity index (χ4v) is 1.87. The number of hydrogen-bond acceptors (Lipinski definition) is 4. The van der Waals surface area contributed by atoms with Crippen LogP contribution in [0, 0.1) is 10.1 Å². The average molecular weight is 273 g/mol. The van der Waals surface area contributed by atoms with E-state index in [0.717, 1.165) is 5.56 Å². The van der Waals surface area contributed by atoms with E-state index in [-0.39, 0.29) is 23.4 Å². The molecule has 6 heteroatoms. The SMILES string of the molecule is O=C(O)c1ccc([N+](=O)[O-])c(Cc2ccc(O)cc2)c1. The molecule has 0 amide bonds. The summed E-state index contributed by atoms with van der Waals surface area (Å²) in [4.78, 5) is 21.4. The topological polar surface area (TPSA) is 101 Å². The summed E-state index contributed by atoms with van der Waals surface area (Å²) < 4.78 is 0. The number of aromatic carboxylic acids is 1. The van der Waals surface area contributed by atoms with Crippen molar-refractivity contribution in [1.82, 2.24) is 0 Å². The third-order valence-electron chi connectivity index (χ3n) is 2.85. The molecule has 6 nitrogen and oxygen atoms in total. The summed E-state index contributed by atoms with van der Waals surface area (Å²) in [6, 6.07) is 9.91. The standard InChI is InChI=1S/C14H11NO5/c16-12-4-1-9(2-5-12)7-11-8-10(14(17)18)3-6-13(11)15(19)20/h1-6,8,16H,7H2,(H,17,18).